The van der Waals surface area contributed by atoms with Crippen molar-refractivity contribution in [1.82, 2.24) is 4.98 Å². The fraction of sp³-hybridized carbons (Fsp3) is 0.455. The van der Waals surface area contributed by atoms with Gasteiger partial charge in [-0.2, -0.15) is 0 Å². The van der Waals surface area contributed by atoms with Crippen LogP contribution in [0.25, 0.3) is 0 Å². The van der Waals surface area contributed by atoms with Crippen molar-refractivity contribution in [3.8, 4) is 0 Å². The molecule has 0 fully saturated rings. The molecule has 0 aliphatic carbocycles. The van der Waals surface area contributed by atoms with Crippen molar-refractivity contribution < 1.29 is 4.79 Å². The van der Waals surface area contributed by atoms with Crippen LogP contribution in [0.4, 0.5) is 5.69 Å². The standard InChI is InChI=1S/C11H16ClN3O/c1-8(13)3-2-4-11(16)15-9-5-6-14-10(12)7-9/h5-8H,2-4,13H2,1H3,(H,14,15,16). The molecule has 1 amide bonds. The first kappa shape index (κ1) is 12.9. The van der Waals surface area contributed by atoms with Crippen LogP contribution in [-0.4, -0.2) is 16.9 Å². The van der Waals surface area contributed by atoms with Crippen LogP contribution in [0.1, 0.15) is 26.2 Å². The van der Waals surface area contributed by atoms with Crippen LogP contribution >= 0.6 is 11.6 Å². The van der Waals surface area contributed by atoms with E-state index in [4.69, 9.17) is 17.3 Å². The molecule has 1 aromatic heterocycles. The molecular formula is C11H16ClN3O. The summed E-state index contributed by atoms with van der Waals surface area (Å²) in [7, 11) is 0. The Morgan fingerprint density at radius 2 is 2.44 bits per heavy atom. The fourth-order valence-electron chi connectivity index (χ4n) is 1.29. The predicted octanol–water partition coefficient (Wildman–Crippen LogP) is 2.19. The molecule has 1 aromatic rings. The Morgan fingerprint density at radius 3 is 3.06 bits per heavy atom. The molecule has 0 aliphatic heterocycles. The molecule has 0 radical (unpaired) electrons. The highest BCUT2D eigenvalue weighted by Crippen LogP contribution is 2.12. The highest BCUT2D eigenvalue weighted by Gasteiger charge is 2.03. The molecule has 0 saturated carbocycles. The summed E-state index contributed by atoms with van der Waals surface area (Å²) in [5.74, 6) is -0.0251. The molecule has 88 valence electrons. The third kappa shape index (κ3) is 5.09. The topological polar surface area (TPSA) is 68.0 Å². The molecule has 4 nitrogen and oxygen atoms in total. The van der Waals surface area contributed by atoms with E-state index in [2.05, 4.69) is 10.3 Å². The summed E-state index contributed by atoms with van der Waals surface area (Å²) in [6, 6.07) is 3.46. The van der Waals surface area contributed by atoms with E-state index in [1.165, 1.54) is 0 Å². The van der Waals surface area contributed by atoms with Gasteiger partial charge in [-0.3, -0.25) is 4.79 Å². The zero-order valence-corrected chi connectivity index (χ0v) is 10.00. The van der Waals surface area contributed by atoms with E-state index in [0.29, 0.717) is 17.3 Å². The van der Waals surface area contributed by atoms with E-state index in [0.717, 1.165) is 12.8 Å². The zero-order valence-electron chi connectivity index (χ0n) is 9.24. The van der Waals surface area contributed by atoms with E-state index < -0.39 is 0 Å². The predicted molar refractivity (Wildman–Crippen MR) is 65.4 cm³/mol. The first-order valence-corrected chi connectivity index (χ1v) is 5.62. The van der Waals surface area contributed by atoms with Crippen molar-refractivity contribution in [2.75, 3.05) is 5.32 Å². The lowest BCUT2D eigenvalue weighted by atomic mass is 10.1. The third-order valence-corrected chi connectivity index (χ3v) is 2.28. The second-order valence-corrected chi connectivity index (χ2v) is 4.17. The van der Waals surface area contributed by atoms with Crippen LogP contribution in [0.15, 0.2) is 18.3 Å². The number of nitrogens with zero attached hydrogens (tertiary/aromatic N) is 1. The van der Waals surface area contributed by atoms with Gasteiger partial charge in [0.1, 0.15) is 5.15 Å². The molecule has 0 spiro atoms. The van der Waals surface area contributed by atoms with Gasteiger partial charge in [0.15, 0.2) is 0 Å². The second kappa shape index (κ2) is 6.45. The number of carbonyl (C=O) groups excluding carboxylic acids is 1. The van der Waals surface area contributed by atoms with E-state index in [-0.39, 0.29) is 11.9 Å². The Bertz CT molecular complexity index is 355. The monoisotopic (exact) mass is 241 g/mol. The van der Waals surface area contributed by atoms with Crippen LogP contribution in [0.2, 0.25) is 5.15 Å². The number of hydrogen-bond donors (Lipinski definition) is 2. The maximum absolute atomic E-state index is 11.5. The van der Waals surface area contributed by atoms with Crippen LogP contribution in [0.5, 0.6) is 0 Å². The Balaban J connectivity index is 2.34. The average Bonchev–Trinajstić information content (AvgIpc) is 2.16. The van der Waals surface area contributed by atoms with Crippen molar-refractivity contribution >= 4 is 23.2 Å². The minimum absolute atomic E-state index is 0.0251. The van der Waals surface area contributed by atoms with Crippen LogP contribution in [-0.2, 0) is 4.79 Å². The molecule has 1 heterocycles. The van der Waals surface area contributed by atoms with Gasteiger partial charge < -0.3 is 11.1 Å². The molecule has 1 atom stereocenters. The van der Waals surface area contributed by atoms with Gasteiger partial charge in [-0.05, 0) is 31.9 Å². The molecule has 0 saturated heterocycles. The molecule has 3 N–H and O–H groups in total. The summed E-state index contributed by atoms with van der Waals surface area (Å²) in [6.45, 7) is 1.93. The molecule has 0 aliphatic rings. The van der Waals surface area contributed by atoms with E-state index in [1.54, 1.807) is 18.3 Å². The summed E-state index contributed by atoms with van der Waals surface area (Å²) in [5.41, 5.74) is 6.27. The van der Waals surface area contributed by atoms with E-state index in [9.17, 15) is 4.79 Å². The normalized spacial score (nSPS) is 12.2. The van der Waals surface area contributed by atoms with Crippen molar-refractivity contribution in [2.24, 2.45) is 5.73 Å². The number of nitrogens with two attached hydrogens (primary N) is 1. The third-order valence-electron chi connectivity index (χ3n) is 2.07. The number of nitrogens with one attached hydrogen (secondary N) is 1. The summed E-state index contributed by atoms with van der Waals surface area (Å²) >= 11 is 5.70. The summed E-state index contributed by atoms with van der Waals surface area (Å²) < 4.78 is 0. The maximum Gasteiger partial charge on any atom is 0.224 e. The molecule has 16 heavy (non-hydrogen) atoms. The summed E-state index contributed by atoms with van der Waals surface area (Å²) in [4.78, 5) is 15.3. The van der Waals surface area contributed by atoms with Crippen molar-refractivity contribution in [3.63, 3.8) is 0 Å². The molecule has 1 rings (SSSR count). The van der Waals surface area contributed by atoms with Crippen LogP contribution in [0.3, 0.4) is 0 Å². The average molecular weight is 242 g/mol. The Kier molecular flexibility index (Phi) is 5.22. The van der Waals surface area contributed by atoms with Crippen LogP contribution in [0, 0.1) is 0 Å². The molecule has 5 heteroatoms. The second-order valence-electron chi connectivity index (χ2n) is 3.78. The minimum atomic E-state index is -0.0251. The number of aromatic nitrogens is 1. The molecule has 1 unspecified atom stereocenters. The Labute approximate surface area is 100 Å². The lowest BCUT2D eigenvalue weighted by molar-refractivity contribution is -0.116. The largest absolute Gasteiger partial charge is 0.328 e. The van der Waals surface area contributed by atoms with Gasteiger partial charge in [-0.15, -0.1) is 0 Å². The zero-order chi connectivity index (χ0) is 12.0. The van der Waals surface area contributed by atoms with E-state index in [1.807, 2.05) is 6.92 Å². The number of halogens is 1. The van der Waals surface area contributed by atoms with Gasteiger partial charge in [0, 0.05) is 24.3 Å². The minimum Gasteiger partial charge on any atom is -0.328 e. The number of carbonyl (C=O) groups is 1. The van der Waals surface area contributed by atoms with Crippen molar-refractivity contribution in [2.45, 2.75) is 32.2 Å². The molecule has 0 aromatic carbocycles. The number of hydrogen-bond acceptors (Lipinski definition) is 3. The summed E-state index contributed by atoms with van der Waals surface area (Å²) in [6.07, 6.45) is 3.67. The lowest BCUT2D eigenvalue weighted by Crippen LogP contribution is -2.16. The number of amides is 1. The smallest absolute Gasteiger partial charge is 0.224 e. The number of pyridine rings is 1. The molecular weight excluding hydrogens is 226 g/mol. The van der Waals surface area contributed by atoms with Gasteiger partial charge >= 0.3 is 0 Å². The highest BCUT2D eigenvalue weighted by molar-refractivity contribution is 6.29. The SMILES string of the molecule is CC(N)CCCC(=O)Nc1ccnc(Cl)c1. The van der Waals surface area contributed by atoms with Gasteiger partial charge in [-0.1, -0.05) is 11.6 Å². The highest BCUT2D eigenvalue weighted by atomic mass is 35.5. The van der Waals surface area contributed by atoms with E-state index >= 15 is 0 Å². The first-order valence-electron chi connectivity index (χ1n) is 5.25. The summed E-state index contributed by atoms with van der Waals surface area (Å²) in [5, 5.41) is 3.12. The maximum atomic E-state index is 11.5. The van der Waals surface area contributed by atoms with Gasteiger partial charge in [-0.25, -0.2) is 4.98 Å². The Hall–Kier alpha value is -1.13. The van der Waals surface area contributed by atoms with Gasteiger partial charge in [0.2, 0.25) is 5.91 Å². The molecule has 0 bridgehead atoms. The van der Waals surface area contributed by atoms with Gasteiger partial charge in [0.25, 0.3) is 0 Å². The van der Waals surface area contributed by atoms with Gasteiger partial charge in [0.05, 0.1) is 0 Å². The van der Waals surface area contributed by atoms with Crippen LogP contribution < -0.4 is 11.1 Å². The first-order chi connectivity index (χ1) is 7.58. The Morgan fingerprint density at radius 1 is 1.69 bits per heavy atom. The van der Waals surface area contributed by atoms with Crippen molar-refractivity contribution in [1.29, 1.82) is 0 Å². The number of rotatable bonds is 5. The quantitative estimate of drug-likeness (QED) is 0.777. The fourth-order valence-corrected chi connectivity index (χ4v) is 1.46. The van der Waals surface area contributed by atoms with Crippen molar-refractivity contribution in [3.05, 3.63) is 23.5 Å². The lowest BCUT2D eigenvalue weighted by Gasteiger charge is -2.06. The number of anilines is 1.